The Morgan fingerprint density at radius 1 is 0.698 bits per heavy atom. The van der Waals surface area contributed by atoms with Crippen LogP contribution in [0.15, 0.2) is 72.8 Å². The first kappa shape index (κ1) is 33.0. The number of nitrogens with zero attached hydrogens (tertiary/aromatic N) is 1. The molecule has 2 amide bonds. The van der Waals surface area contributed by atoms with Gasteiger partial charge in [0.1, 0.15) is 0 Å². The molecular weight excluding hydrogens is 544 g/mol. The number of hydrogen-bond donors (Lipinski definition) is 3. The molecule has 0 spiro atoms. The zero-order chi connectivity index (χ0) is 31.0. The Bertz CT molecular complexity index is 1350. The second-order valence-electron chi connectivity index (χ2n) is 10.7. The number of rotatable bonds is 17. The van der Waals surface area contributed by atoms with E-state index in [-0.39, 0.29) is 18.0 Å². The van der Waals surface area contributed by atoms with Gasteiger partial charge in [0.25, 0.3) is 5.91 Å². The molecule has 0 bridgehead atoms. The van der Waals surface area contributed by atoms with Crippen LogP contribution >= 0.6 is 0 Å². The Morgan fingerprint density at radius 3 is 1.86 bits per heavy atom. The summed E-state index contributed by atoms with van der Waals surface area (Å²) in [5.41, 5.74) is 2.77. The van der Waals surface area contributed by atoms with Gasteiger partial charge in [-0.1, -0.05) is 107 Å². The standard InChI is InChI=1S/C35H42N2O6/c1-2-3-4-5-6-7-8-9-10-13-24-36-32(38)28-18-16-26(17-19-28)25-37(33(39)35(42)43)29-22-20-27(21-23-29)30-14-11-12-15-31(30)34(40)41/h11-12,14-23H,2-10,13,24-25H2,1H3,(H,36,38)(H,40,41)(H,42,43). The zero-order valence-corrected chi connectivity index (χ0v) is 24.9. The lowest BCUT2D eigenvalue weighted by Gasteiger charge is -2.21. The van der Waals surface area contributed by atoms with E-state index in [0.717, 1.165) is 17.7 Å². The number of amides is 2. The molecule has 0 radical (unpaired) electrons. The maximum absolute atomic E-state index is 12.6. The third kappa shape index (κ3) is 10.4. The second-order valence-corrected chi connectivity index (χ2v) is 10.7. The van der Waals surface area contributed by atoms with Gasteiger partial charge in [0, 0.05) is 17.8 Å². The number of carbonyl (C=O) groups excluding carboxylic acids is 2. The molecule has 0 atom stereocenters. The van der Waals surface area contributed by atoms with Gasteiger partial charge in [-0.15, -0.1) is 0 Å². The molecule has 0 aromatic heterocycles. The van der Waals surface area contributed by atoms with Crippen LogP contribution in [0, 0.1) is 0 Å². The van der Waals surface area contributed by atoms with Crippen molar-refractivity contribution in [1.82, 2.24) is 5.32 Å². The van der Waals surface area contributed by atoms with Gasteiger partial charge in [-0.25, -0.2) is 9.59 Å². The molecule has 0 aliphatic heterocycles. The average Bonchev–Trinajstić information content (AvgIpc) is 3.02. The van der Waals surface area contributed by atoms with E-state index < -0.39 is 17.8 Å². The quantitative estimate of drug-likeness (QED) is 0.112. The van der Waals surface area contributed by atoms with Gasteiger partial charge in [0.2, 0.25) is 0 Å². The molecule has 0 heterocycles. The summed E-state index contributed by atoms with van der Waals surface area (Å²) >= 11 is 0. The van der Waals surface area contributed by atoms with Crippen LogP contribution in [0.2, 0.25) is 0 Å². The lowest BCUT2D eigenvalue weighted by atomic mass is 9.99. The largest absolute Gasteiger partial charge is 0.478 e. The molecule has 43 heavy (non-hydrogen) atoms. The van der Waals surface area contributed by atoms with Crippen LogP contribution in [0.3, 0.4) is 0 Å². The molecule has 0 saturated carbocycles. The molecule has 0 saturated heterocycles. The van der Waals surface area contributed by atoms with Crippen molar-refractivity contribution in [2.45, 2.75) is 77.7 Å². The molecule has 8 nitrogen and oxygen atoms in total. The smallest absolute Gasteiger partial charge is 0.394 e. The van der Waals surface area contributed by atoms with E-state index >= 15 is 0 Å². The lowest BCUT2D eigenvalue weighted by Crippen LogP contribution is -2.36. The fourth-order valence-electron chi connectivity index (χ4n) is 5.00. The van der Waals surface area contributed by atoms with Crippen LogP contribution in [0.25, 0.3) is 11.1 Å². The number of carbonyl (C=O) groups is 4. The monoisotopic (exact) mass is 586 g/mol. The van der Waals surface area contributed by atoms with Crippen LogP contribution in [0.1, 0.15) is 97.4 Å². The number of anilines is 1. The Morgan fingerprint density at radius 2 is 1.28 bits per heavy atom. The van der Waals surface area contributed by atoms with Gasteiger partial charge in [-0.2, -0.15) is 0 Å². The summed E-state index contributed by atoms with van der Waals surface area (Å²) in [5, 5.41) is 21.9. The number of hydrogen-bond acceptors (Lipinski definition) is 4. The molecule has 3 rings (SSSR count). The molecule has 3 N–H and O–H groups in total. The third-order valence-electron chi connectivity index (χ3n) is 7.45. The average molecular weight is 587 g/mol. The predicted molar refractivity (Wildman–Crippen MR) is 168 cm³/mol. The van der Waals surface area contributed by atoms with Gasteiger partial charge in [0.15, 0.2) is 0 Å². The summed E-state index contributed by atoms with van der Waals surface area (Å²) in [4.78, 5) is 49.5. The van der Waals surface area contributed by atoms with Crippen molar-refractivity contribution < 1.29 is 29.4 Å². The van der Waals surface area contributed by atoms with Crippen molar-refractivity contribution >= 4 is 29.4 Å². The van der Waals surface area contributed by atoms with E-state index in [1.807, 2.05) is 0 Å². The number of carboxylic acid groups (broad SMARTS) is 2. The lowest BCUT2D eigenvalue weighted by molar-refractivity contribution is -0.148. The van der Waals surface area contributed by atoms with Crippen molar-refractivity contribution in [2.75, 3.05) is 11.4 Å². The summed E-state index contributed by atoms with van der Waals surface area (Å²) in [7, 11) is 0. The predicted octanol–water partition coefficient (Wildman–Crippen LogP) is 7.32. The van der Waals surface area contributed by atoms with E-state index in [0.29, 0.717) is 34.5 Å². The summed E-state index contributed by atoms with van der Waals surface area (Å²) in [6.45, 7) is 2.83. The highest BCUT2D eigenvalue weighted by Gasteiger charge is 2.23. The Kier molecular flexibility index (Phi) is 13.4. The Hall–Kier alpha value is -4.46. The molecule has 0 aliphatic carbocycles. The molecule has 3 aromatic carbocycles. The number of aliphatic carboxylic acids is 1. The molecule has 8 heteroatoms. The molecular formula is C35H42N2O6. The first-order chi connectivity index (χ1) is 20.8. The van der Waals surface area contributed by atoms with Gasteiger partial charge < -0.3 is 15.5 Å². The normalized spacial score (nSPS) is 10.7. The minimum absolute atomic E-state index is 0.0172. The topological polar surface area (TPSA) is 124 Å². The summed E-state index contributed by atoms with van der Waals surface area (Å²) < 4.78 is 0. The summed E-state index contributed by atoms with van der Waals surface area (Å²) in [6, 6.07) is 19.8. The highest BCUT2D eigenvalue weighted by molar-refractivity contribution is 6.37. The first-order valence-corrected chi connectivity index (χ1v) is 15.2. The maximum Gasteiger partial charge on any atom is 0.394 e. The van der Waals surface area contributed by atoms with Crippen LogP contribution in [0.4, 0.5) is 5.69 Å². The zero-order valence-electron chi connectivity index (χ0n) is 24.9. The van der Waals surface area contributed by atoms with Crippen molar-refractivity contribution in [3.8, 4) is 11.1 Å². The van der Waals surface area contributed by atoms with E-state index in [2.05, 4.69) is 12.2 Å². The van der Waals surface area contributed by atoms with Gasteiger partial charge >= 0.3 is 17.8 Å². The highest BCUT2D eigenvalue weighted by Crippen LogP contribution is 2.27. The fraction of sp³-hybridized carbons (Fsp3) is 0.371. The Balaban J connectivity index is 1.54. The van der Waals surface area contributed by atoms with Crippen LogP contribution in [-0.2, 0) is 16.1 Å². The van der Waals surface area contributed by atoms with Crippen molar-refractivity contribution in [2.24, 2.45) is 0 Å². The molecule has 0 fully saturated rings. The first-order valence-electron chi connectivity index (χ1n) is 15.2. The summed E-state index contributed by atoms with van der Waals surface area (Å²) in [6.07, 6.45) is 12.3. The summed E-state index contributed by atoms with van der Waals surface area (Å²) in [5.74, 6) is -3.92. The number of nitrogens with one attached hydrogen (secondary N) is 1. The SMILES string of the molecule is CCCCCCCCCCCCNC(=O)c1ccc(CN(C(=O)C(=O)O)c2ccc(-c3ccccc3C(=O)O)cc2)cc1. The van der Waals surface area contributed by atoms with Crippen LogP contribution < -0.4 is 10.2 Å². The second kappa shape index (κ2) is 17.5. The van der Waals surface area contributed by atoms with Crippen molar-refractivity contribution in [3.05, 3.63) is 89.5 Å². The minimum atomic E-state index is -1.59. The van der Waals surface area contributed by atoms with Gasteiger partial charge in [0.05, 0.1) is 12.1 Å². The number of unbranched alkanes of at least 4 members (excludes halogenated alkanes) is 9. The van der Waals surface area contributed by atoms with E-state index in [4.69, 9.17) is 0 Å². The van der Waals surface area contributed by atoms with Gasteiger partial charge in [-0.05, 0) is 53.4 Å². The van der Waals surface area contributed by atoms with E-state index in [1.54, 1.807) is 66.7 Å². The molecule has 228 valence electrons. The molecule has 3 aromatic rings. The third-order valence-corrected chi connectivity index (χ3v) is 7.45. The van der Waals surface area contributed by atoms with Crippen LogP contribution in [-0.4, -0.2) is 40.5 Å². The number of aromatic carboxylic acids is 1. The number of benzene rings is 3. The van der Waals surface area contributed by atoms with Crippen molar-refractivity contribution in [3.63, 3.8) is 0 Å². The fourth-order valence-corrected chi connectivity index (χ4v) is 5.00. The van der Waals surface area contributed by atoms with Crippen molar-refractivity contribution in [1.29, 1.82) is 0 Å². The van der Waals surface area contributed by atoms with Crippen LogP contribution in [0.5, 0.6) is 0 Å². The van der Waals surface area contributed by atoms with E-state index in [1.165, 1.54) is 57.4 Å². The molecule has 0 unspecified atom stereocenters. The maximum atomic E-state index is 12.6. The minimum Gasteiger partial charge on any atom is -0.478 e. The molecule has 0 aliphatic rings. The Labute approximate surface area is 253 Å². The number of carboxylic acids is 2. The van der Waals surface area contributed by atoms with E-state index in [9.17, 15) is 29.4 Å². The van der Waals surface area contributed by atoms with Gasteiger partial charge in [-0.3, -0.25) is 14.5 Å². The highest BCUT2D eigenvalue weighted by atomic mass is 16.4.